The van der Waals surface area contributed by atoms with Crippen LogP contribution in [0.3, 0.4) is 0 Å². The Labute approximate surface area is 117 Å². The zero-order valence-corrected chi connectivity index (χ0v) is 12.3. The van der Waals surface area contributed by atoms with Crippen LogP contribution in [0.1, 0.15) is 19.3 Å². The normalized spacial score (nSPS) is 20.6. The smallest absolute Gasteiger partial charge is 0.318 e. The van der Waals surface area contributed by atoms with Crippen molar-refractivity contribution in [2.75, 3.05) is 31.4 Å². The molecule has 1 atom stereocenters. The fourth-order valence-electron chi connectivity index (χ4n) is 2.15. The highest BCUT2D eigenvalue weighted by atomic mass is 35.5. The van der Waals surface area contributed by atoms with E-state index >= 15 is 0 Å². The molecule has 1 unspecified atom stereocenters. The van der Waals surface area contributed by atoms with E-state index in [1.165, 1.54) is 19.3 Å². The topological polar surface area (TPSA) is 38.2 Å². The largest absolute Gasteiger partial charge is 0.467 e. The fourth-order valence-corrected chi connectivity index (χ4v) is 3.09. The van der Waals surface area contributed by atoms with Gasteiger partial charge in [-0.3, -0.25) is 0 Å². The zero-order valence-electron chi connectivity index (χ0n) is 10.7. The molecule has 0 radical (unpaired) electrons. The number of nitrogens with zero attached hydrogens (tertiary/aromatic N) is 3. The van der Waals surface area contributed by atoms with Gasteiger partial charge >= 0.3 is 6.01 Å². The first-order chi connectivity index (χ1) is 8.74. The molecule has 0 amide bonds. The van der Waals surface area contributed by atoms with Crippen molar-refractivity contribution < 1.29 is 4.74 Å². The van der Waals surface area contributed by atoms with Gasteiger partial charge in [0, 0.05) is 18.3 Å². The fraction of sp³-hybridized carbons (Fsp3) is 0.667. The number of hydrogen-bond donors (Lipinski definition) is 0. The third-order valence-electron chi connectivity index (χ3n) is 3.15. The Morgan fingerprint density at radius 3 is 3.06 bits per heavy atom. The molecule has 1 aromatic heterocycles. The first kappa shape index (κ1) is 13.7. The predicted molar refractivity (Wildman–Crippen MR) is 77.0 cm³/mol. The highest BCUT2D eigenvalue weighted by Crippen LogP contribution is 2.29. The van der Waals surface area contributed by atoms with E-state index in [4.69, 9.17) is 16.3 Å². The van der Waals surface area contributed by atoms with Crippen LogP contribution >= 0.6 is 23.4 Å². The van der Waals surface area contributed by atoms with E-state index in [2.05, 4.69) is 21.1 Å². The van der Waals surface area contributed by atoms with Crippen LogP contribution in [-0.4, -0.2) is 41.7 Å². The Balaban J connectivity index is 2.22. The summed E-state index contributed by atoms with van der Waals surface area (Å²) in [6, 6.07) is 0.374. The lowest BCUT2D eigenvalue weighted by atomic mass is 10.2. The van der Waals surface area contributed by atoms with Crippen molar-refractivity contribution in [1.82, 2.24) is 9.97 Å². The molecule has 0 spiro atoms. The number of hydrogen-bond acceptors (Lipinski definition) is 5. The first-order valence-corrected chi connectivity index (χ1v) is 7.75. The molecular formula is C12H18ClN3OS. The predicted octanol–water partition coefficient (Wildman–Crippen LogP) is 2.86. The van der Waals surface area contributed by atoms with E-state index in [0.717, 1.165) is 18.9 Å². The molecule has 0 aromatic carbocycles. The quantitative estimate of drug-likeness (QED) is 0.855. The summed E-state index contributed by atoms with van der Waals surface area (Å²) >= 11 is 8.12. The van der Waals surface area contributed by atoms with Crippen LogP contribution in [0.4, 0.5) is 5.82 Å². The molecule has 1 aromatic rings. The van der Waals surface area contributed by atoms with Crippen molar-refractivity contribution in [3.05, 3.63) is 11.2 Å². The second-order valence-electron chi connectivity index (χ2n) is 4.33. The molecule has 0 saturated carbocycles. The number of halogens is 1. The minimum absolute atomic E-state index is 0.374. The molecule has 2 rings (SSSR count). The molecule has 0 bridgehead atoms. The Morgan fingerprint density at radius 1 is 1.50 bits per heavy atom. The summed E-state index contributed by atoms with van der Waals surface area (Å²) in [7, 11) is 1.57. The van der Waals surface area contributed by atoms with E-state index < -0.39 is 0 Å². The number of thioether (sulfide) groups is 1. The van der Waals surface area contributed by atoms with Gasteiger partial charge in [0.2, 0.25) is 0 Å². The molecular weight excluding hydrogens is 270 g/mol. The summed E-state index contributed by atoms with van der Waals surface area (Å²) in [5.41, 5.74) is 0. The highest BCUT2D eigenvalue weighted by Gasteiger charge is 2.21. The van der Waals surface area contributed by atoms with Gasteiger partial charge in [-0.25, -0.2) is 4.98 Å². The number of ether oxygens (including phenoxy) is 1. The van der Waals surface area contributed by atoms with Gasteiger partial charge in [-0.05, 0) is 19.1 Å². The number of anilines is 1. The van der Waals surface area contributed by atoms with Crippen LogP contribution < -0.4 is 9.64 Å². The molecule has 1 saturated heterocycles. The van der Waals surface area contributed by atoms with E-state index in [0.29, 0.717) is 16.3 Å². The van der Waals surface area contributed by atoms with Gasteiger partial charge < -0.3 is 9.64 Å². The summed E-state index contributed by atoms with van der Waals surface area (Å²) in [5.74, 6) is 0.796. The minimum Gasteiger partial charge on any atom is -0.467 e. The summed E-state index contributed by atoms with van der Waals surface area (Å²) < 4.78 is 5.07. The lowest BCUT2D eigenvalue weighted by molar-refractivity contribution is 0.379. The Morgan fingerprint density at radius 2 is 2.33 bits per heavy atom. The van der Waals surface area contributed by atoms with Crippen LogP contribution in [-0.2, 0) is 0 Å². The molecule has 1 aliphatic heterocycles. The van der Waals surface area contributed by atoms with Gasteiger partial charge in [0.05, 0.1) is 13.3 Å². The summed E-state index contributed by atoms with van der Waals surface area (Å²) in [6.45, 7) is 1.98. The third kappa shape index (κ3) is 3.20. The summed E-state index contributed by atoms with van der Waals surface area (Å²) in [5, 5.41) is 1.24. The highest BCUT2D eigenvalue weighted by molar-refractivity contribution is 7.99. The van der Waals surface area contributed by atoms with Crippen LogP contribution in [0.5, 0.6) is 6.01 Å². The number of rotatable bonds is 3. The van der Waals surface area contributed by atoms with Gasteiger partial charge in [-0.15, -0.1) is 0 Å². The Bertz CT molecular complexity index is 405. The molecule has 100 valence electrons. The van der Waals surface area contributed by atoms with Gasteiger partial charge in [0.1, 0.15) is 5.02 Å². The van der Waals surface area contributed by atoms with E-state index in [9.17, 15) is 0 Å². The maximum Gasteiger partial charge on any atom is 0.318 e. The Hall–Kier alpha value is -0.680. The van der Waals surface area contributed by atoms with Crippen molar-refractivity contribution in [3.63, 3.8) is 0 Å². The van der Waals surface area contributed by atoms with Crippen LogP contribution in [0.2, 0.25) is 5.02 Å². The van der Waals surface area contributed by atoms with Gasteiger partial charge in [0.15, 0.2) is 5.82 Å². The molecule has 1 fully saturated rings. The maximum atomic E-state index is 6.20. The maximum absolute atomic E-state index is 6.20. The monoisotopic (exact) mass is 287 g/mol. The second kappa shape index (κ2) is 6.48. The number of aromatic nitrogens is 2. The van der Waals surface area contributed by atoms with Gasteiger partial charge in [0.25, 0.3) is 0 Å². The lowest BCUT2D eigenvalue weighted by Crippen LogP contribution is -2.30. The molecule has 0 aliphatic carbocycles. The first-order valence-electron chi connectivity index (χ1n) is 6.09. The van der Waals surface area contributed by atoms with E-state index in [-0.39, 0.29) is 0 Å². The van der Waals surface area contributed by atoms with Gasteiger partial charge in [-0.1, -0.05) is 18.0 Å². The average Bonchev–Trinajstić information content (AvgIpc) is 2.64. The van der Waals surface area contributed by atoms with Crippen molar-refractivity contribution in [2.45, 2.75) is 24.5 Å². The van der Waals surface area contributed by atoms with Gasteiger partial charge in [-0.2, -0.15) is 16.7 Å². The van der Waals surface area contributed by atoms with Crippen molar-refractivity contribution in [1.29, 1.82) is 0 Å². The molecule has 6 heteroatoms. The number of methoxy groups -OCH3 is 1. The average molecular weight is 288 g/mol. The van der Waals surface area contributed by atoms with E-state index in [1.807, 2.05) is 11.8 Å². The Kier molecular flexibility index (Phi) is 4.95. The van der Waals surface area contributed by atoms with Crippen LogP contribution in [0.15, 0.2) is 6.20 Å². The summed E-state index contributed by atoms with van der Waals surface area (Å²) in [6.07, 6.45) is 7.48. The van der Waals surface area contributed by atoms with Crippen molar-refractivity contribution >= 4 is 29.2 Å². The van der Waals surface area contributed by atoms with E-state index in [1.54, 1.807) is 13.3 Å². The molecule has 2 heterocycles. The molecule has 0 N–H and O–H groups in total. The molecule has 1 aliphatic rings. The van der Waals surface area contributed by atoms with Crippen molar-refractivity contribution in [3.8, 4) is 6.01 Å². The zero-order chi connectivity index (χ0) is 13.0. The second-order valence-corrected chi connectivity index (χ2v) is 5.87. The minimum atomic E-state index is 0.374. The molecule has 4 nitrogen and oxygen atoms in total. The van der Waals surface area contributed by atoms with Crippen LogP contribution in [0.25, 0.3) is 0 Å². The van der Waals surface area contributed by atoms with Crippen molar-refractivity contribution in [2.24, 2.45) is 0 Å². The lowest BCUT2D eigenvalue weighted by Gasteiger charge is -2.25. The standard InChI is InChI=1S/C12H18ClN3OS/c1-17-12-14-7-10(13)11(15-12)16-6-4-3-5-9(8-16)18-2/h7,9H,3-6,8H2,1-2H3. The molecule has 18 heavy (non-hydrogen) atoms. The third-order valence-corrected chi connectivity index (χ3v) is 4.47. The van der Waals surface area contributed by atoms with Crippen LogP contribution in [0, 0.1) is 0 Å². The summed E-state index contributed by atoms with van der Waals surface area (Å²) in [4.78, 5) is 10.6. The SMILES string of the molecule is COc1ncc(Cl)c(N2CCCCC(SC)C2)n1.